The first-order chi connectivity index (χ1) is 14.9. The van der Waals surface area contributed by atoms with Gasteiger partial charge in [-0.1, -0.05) is 17.7 Å². The van der Waals surface area contributed by atoms with Crippen molar-refractivity contribution >= 4 is 40.6 Å². The fourth-order valence-corrected chi connectivity index (χ4v) is 5.43. The van der Waals surface area contributed by atoms with Crippen LogP contribution in [0.5, 0.6) is 0 Å². The molecule has 2 amide bonds. The monoisotopic (exact) mass is 439 g/mol. The molecule has 0 aliphatic carbocycles. The van der Waals surface area contributed by atoms with Crippen LogP contribution in [0.15, 0.2) is 48.5 Å². The van der Waals surface area contributed by atoms with E-state index in [-0.39, 0.29) is 29.1 Å². The minimum absolute atomic E-state index is 0.167. The van der Waals surface area contributed by atoms with Gasteiger partial charge in [0.1, 0.15) is 0 Å². The van der Waals surface area contributed by atoms with Gasteiger partial charge in [-0.2, -0.15) is 0 Å². The van der Waals surface area contributed by atoms with Crippen molar-refractivity contribution < 1.29 is 19.3 Å². The molecule has 3 aliphatic heterocycles. The topological polar surface area (TPSA) is 101 Å². The number of halogens is 1. The second kappa shape index (κ2) is 7.25. The second-order valence-corrected chi connectivity index (χ2v) is 8.54. The molecule has 0 spiro atoms. The number of nitro benzene ring substituents is 1. The molecule has 9 heteroatoms. The highest BCUT2D eigenvalue weighted by atomic mass is 35.5. The summed E-state index contributed by atoms with van der Waals surface area (Å²) in [5, 5.41) is 11.7. The highest BCUT2D eigenvalue weighted by molar-refractivity contribution is 6.30. The fourth-order valence-electron chi connectivity index (χ4n) is 5.30. The number of hydrogen-bond donors (Lipinski definition) is 0. The van der Waals surface area contributed by atoms with Crippen molar-refractivity contribution in [2.45, 2.75) is 24.9 Å². The van der Waals surface area contributed by atoms with Crippen LogP contribution in [0.2, 0.25) is 5.02 Å². The predicted molar refractivity (Wildman–Crippen MR) is 112 cm³/mol. The molecule has 31 heavy (non-hydrogen) atoms. The van der Waals surface area contributed by atoms with Crippen LogP contribution in [0.3, 0.4) is 0 Å². The van der Waals surface area contributed by atoms with Gasteiger partial charge in [-0.25, -0.2) is 4.90 Å². The number of benzene rings is 2. The van der Waals surface area contributed by atoms with Gasteiger partial charge in [-0.05, 0) is 49.7 Å². The summed E-state index contributed by atoms with van der Waals surface area (Å²) in [6, 6.07) is 11.1. The van der Waals surface area contributed by atoms with Gasteiger partial charge in [0.05, 0.1) is 28.5 Å². The van der Waals surface area contributed by atoms with Gasteiger partial charge in [0.15, 0.2) is 5.78 Å². The Labute approximate surface area is 182 Å². The van der Waals surface area contributed by atoms with Gasteiger partial charge < -0.3 is 0 Å². The molecule has 3 fully saturated rings. The van der Waals surface area contributed by atoms with Crippen molar-refractivity contribution in [2.75, 3.05) is 11.4 Å². The smallest absolute Gasteiger partial charge is 0.271 e. The van der Waals surface area contributed by atoms with E-state index < -0.39 is 28.7 Å². The van der Waals surface area contributed by atoms with E-state index in [0.29, 0.717) is 17.1 Å². The third-order valence-electron chi connectivity index (χ3n) is 6.55. The molecule has 0 radical (unpaired) electrons. The Kier molecular flexibility index (Phi) is 4.64. The molecule has 158 valence electrons. The number of non-ortho nitro benzene ring substituents is 1. The number of anilines is 1. The van der Waals surface area contributed by atoms with Crippen LogP contribution in [0, 0.1) is 22.0 Å². The molecule has 2 aromatic carbocycles. The fraction of sp³-hybridized carbons (Fsp3) is 0.318. The number of nitrogens with zero attached hydrogens (tertiary/aromatic N) is 3. The third-order valence-corrected chi connectivity index (χ3v) is 6.80. The van der Waals surface area contributed by atoms with E-state index in [0.717, 1.165) is 17.7 Å². The largest absolute Gasteiger partial charge is 0.292 e. The number of ketones is 1. The molecule has 2 aromatic rings. The van der Waals surface area contributed by atoms with Crippen molar-refractivity contribution in [3.63, 3.8) is 0 Å². The summed E-state index contributed by atoms with van der Waals surface area (Å²) >= 11 is 5.94. The van der Waals surface area contributed by atoms with E-state index in [4.69, 9.17) is 11.6 Å². The Morgan fingerprint density at radius 3 is 2.48 bits per heavy atom. The lowest BCUT2D eigenvalue weighted by atomic mass is 9.85. The maximum absolute atomic E-state index is 13.4. The van der Waals surface area contributed by atoms with Gasteiger partial charge in [-0.15, -0.1) is 0 Å². The molecule has 5 rings (SSSR count). The second-order valence-electron chi connectivity index (χ2n) is 8.10. The lowest BCUT2D eigenvalue weighted by Crippen LogP contribution is -2.46. The van der Waals surface area contributed by atoms with Crippen molar-refractivity contribution in [2.24, 2.45) is 11.8 Å². The van der Waals surface area contributed by atoms with Gasteiger partial charge in [0, 0.05) is 28.8 Å². The molecule has 4 atom stereocenters. The SMILES string of the molecule is O=C(c1ccc(Cl)cc1)C1C2C(=O)N(c3cccc([N+](=O)[O-])c3)C(=O)C2C2CCCN21. The quantitative estimate of drug-likeness (QED) is 0.314. The van der Waals surface area contributed by atoms with Crippen molar-refractivity contribution in [1.82, 2.24) is 4.90 Å². The van der Waals surface area contributed by atoms with Crippen LogP contribution in [-0.2, 0) is 9.59 Å². The lowest BCUT2D eigenvalue weighted by molar-refractivity contribution is -0.384. The molecule has 3 saturated heterocycles. The summed E-state index contributed by atoms with van der Waals surface area (Å²) in [5.74, 6) is -2.51. The molecular formula is C22H18ClN3O5. The molecule has 0 saturated carbocycles. The summed E-state index contributed by atoms with van der Waals surface area (Å²) in [7, 11) is 0. The number of fused-ring (bicyclic) bond motifs is 3. The zero-order valence-electron chi connectivity index (χ0n) is 16.3. The Morgan fingerprint density at radius 2 is 1.77 bits per heavy atom. The minimum Gasteiger partial charge on any atom is -0.292 e. The Morgan fingerprint density at radius 1 is 1.06 bits per heavy atom. The standard InChI is InChI=1S/C22H18ClN3O5/c23-13-8-6-12(7-9-13)20(27)19-18-17(16-5-2-10-24(16)19)21(28)25(22(18)29)14-3-1-4-15(11-14)26(30)31/h1,3-4,6-9,11,16-19H,2,5,10H2. The molecule has 0 N–H and O–H groups in total. The van der Waals surface area contributed by atoms with E-state index in [1.807, 2.05) is 4.90 Å². The number of nitro groups is 1. The van der Waals surface area contributed by atoms with Crippen LogP contribution in [-0.4, -0.2) is 46.0 Å². The van der Waals surface area contributed by atoms with Gasteiger partial charge >= 0.3 is 0 Å². The number of carbonyl (C=O) groups excluding carboxylic acids is 3. The highest BCUT2D eigenvalue weighted by Crippen LogP contribution is 2.48. The zero-order valence-corrected chi connectivity index (χ0v) is 17.1. The summed E-state index contributed by atoms with van der Waals surface area (Å²) in [5.41, 5.74) is 0.405. The molecule has 0 bridgehead atoms. The molecule has 3 heterocycles. The van der Waals surface area contributed by atoms with Crippen molar-refractivity contribution in [3.8, 4) is 0 Å². The molecule has 3 aliphatic rings. The van der Waals surface area contributed by atoms with Gasteiger partial charge in [0.25, 0.3) is 5.69 Å². The number of imide groups is 1. The normalized spacial score (nSPS) is 27.5. The van der Waals surface area contributed by atoms with Gasteiger partial charge in [-0.3, -0.25) is 29.4 Å². The van der Waals surface area contributed by atoms with E-state index >= 15 is 0 Å². The first kappa shape index (κ1) is 19.8. The number of rotatable bonds is 4. The number of carbonyl (C=O) groups is 3. The number of hydrogen-bond acceptors (Lipinski definition) is 6. The van der Waals surface area contributed by atoms with Crippen LogP contribution in [0.25, 0.3) is 0 Å². The molecule has 8 nitrogen and oxygen atoms in total. The summed E-state index contributed by atoms with van der Waals surface area (Å²) in [6.45, 7) is 0.652. The molecule has 0 aromatic heterocycles. The van der Waals surface area contributed by atoms with Crippen LogP contribution in [0.1, 0.15) is 23.2 Å². The summed E-state index contributed by atoms with van der Waals surface area (Å²) < 4.78 is 0. The lowest BCUT2D eigenvalue weighted by Gasteiger charge is -2.27. The minimum atomic E-state index is -0.805. The number of Topliss-reactive ketones (excluding diaryl/α,β-unsaturated/α-hetero) is 1. The van der Waals surface area contributed by atoms with Crippen LogP contribution in [0.4, 0.5) is 11.4 Å². The van der Waals surface area contributed by atoms with Crippen molar-refractivity contribution in [3.05, 3.63) is 69.2 Å². The maximum atomic E-state index is 13.4. The van der Waals surface area contributed by atoms with Gasteiger partial charge in [0.2, 0.25) is 11.8 Å². The Hall–Kier alpha value is -3.10. The van der Waals surface area contributed by atoms with E-state index in [9.17, 15) is 24.5 Å². The third kappa shape index (κ3) is 2.97. The molecular weight excluding hydrogens is 422 g/mol. The summed E-state index contributed by atoms with van der Waals surface area (Å²) in [4.78, 5) is 53.8. The van der Waals surface area contributed by atoms with Crippen molar-refractivity contribution in [1.29, 1.82) is 0 Å². The van der Waals surface area contributed by atoms with Crippen LogP contribution >= 0.6 is 11.6 Å². The highest BCUT2D eigenvalue weighted by Gasteiger charge is 2.64. The zero-order chi connectivity index (χ0) is 21.9. The first-order valence-electron chi connectivity index (χ1n) is 10.1. The average molecular weight is 440 g/mol. The van der Waals surface area contributed by atoms with E-state index in [1.165, 1.54) is 24.3 Å². The first-order valence-corrected chi connectivity index (χ1v) is 10.4. The predicted octanol–water partition coefficient (Wildman–Crippen LogP) is 3.08. The maximum Gasteiger partial charge on any atom is 0.271 e. The Bertz CT molecular complexity index is 1120. The van der Waals surface area contributed by atoms with Crippen LogP contribution < -0.4 is 4.90 Å². The number of amides is 2. The van der Waals surface area contributed by atoms with E-state index in [1.54, 1.807) is 24.3 Å². The summed E-state index contributed by atoms with van der Waals surface area (Å²) in [6.07, 6.45) is 1.57. The average Bonchev–Trinajstić information content (AvgIpc) is 3.40. The Balaban J connectivity index is 1.54. The van der Waals surface area contributed by atoms with E-state index in [2.05, 4.69) is 0 Å². The molecule has 4 unspecified atom stereocenters.